The molecule has 2 heterocycles. The summed E-state index contributed by atoms with van der Waals surface area (Å²) in [7, 11) is 1.32. The van der Waals surface area contributed by atoms with E-state index < -0.39 is 6.04 Å². The van der Waals surface area contributed by atoms with E-state index in [9.17, 15) is 14.0 Å². The number of rotatable bonds is 4. The maximum absolute atomic E-state index is 13.5. The molecule has 0 bridgehead atoms. The van der Waals surface area contributed by atoms with Gasteiger partial charge in [0.05, 0.1) is 12.9 Å². The summed E-state index contributed by atoms with van der Waals surface area (Å²) < 4.78 is 19.7. The predicted molar refractivity (Wildman–Crippen MR) is 101 cm³/mol. The number of benzene rings is 1. The molecule has 0 saturated carbocycles. The summed E-state index contributed by atoms with van der Waals surface area (Å²) in [6.45, 7) is 2.03. The van der Waals surface area contributed by atoms with Crippen LogP contribution in [-0.2, 0) is 14.3 Å². The van der Waals surface area contributed by atoms with Gasteiger partial charge in [-0.05, 0) is 30.0 Å². The standard InChI is InChI=1S/C19H19FN4O3S/c1-10-7-13-16(14(25)8-10)17(11-3-5-12(20)6-4-11)24-18(21-13)22-19(23-24)28-9-15(26)27-2/h3-6,10,17H,7-9H2,1-2H3,(H,21,22,23)/t10-,17+/m0/s1. The second-order valence-corrected chi connectivity index (χ2v) is 7.88. The largest absolute Gasteiger partial charge is 0.468 e. The Balaban J connectivity index is 1.76. The zero-order valence-corrected chi connectivity index (χ0v) is 16.3. The van der Waals surface area contributed by atoms with Crippen LogP contribution in [0, 0.1) is 11.7 Å². The molecule has 0 amide bonds. The molecule has 9 heteroatoms. The van der Waals surface area contributed by atoms with Gasteiger partial charge in [-0.25, -0.2) is 9.07 Å². The summed E-state index contributed by atoms with van der Waals surface area (Å²) in [5.74, 6) is 0.161. The first-order valence-electron chi connectivity index (χ1n) is 8.91. The Hall–Kier alpha value is -2.68. The molecule has 7 nitrogen and oxygen atoms in total. The molecule has 0 saturated heterocycles. The van der Waals surface area contributed by atoms with Gasteiger partial charge < -0.3 is 10.1 Å². The molecule has 0 fully saturated rings. The number of hydrogen-bond donors (Lipinski definition) is 1. The Morgan fingerprint density at radius 3 is 2.82 bits per heavy atom. The number of nitrogens with one attached hydrogen (secondary N) is 1. The van der Waals surface area contributed by atoms with Crippen LogP contribution in [0.5, 0.6) is 0 Å². The van der Waals surface area contributed by atoms with Crippen LogP contribution < -0.4 is 5.32 Å². The normalized spacial score (nSPS) is 21.0. The van der Waals surface area contributed by atoms with E-state index in [4.69, 9.17) is 0 Å². The van der Waals surface area contributed by atoms with Crippen molar-refractivity contribution in [1.82, 2.24) is 14.8 Å². The third-order valence-corrected chi connectivity index (χ3v) is 5.65. The summed E-state index contributed by atoms with van der Waals surface area (Å²) in [6, 6.07) is 5.59. The number of hydrogen-bond acceptors (Lipinski definition) is 7. The highest BCUT2D eigenvalue weighted by Gasteiger charge is 2.38. The number of fused-ring (bicyclic) bond motifs is 1. The zero-order chi connectivity index (χ0) is 19.8. The summed E-state index contributed by atoms with van der Waals surface area (Å²) in [4.78, 5) is 28.7. The minimum atomic E-state index is -0.480. The van der Waals surface area contributed by atoms with Crippen molar-refractivity contribution in [2.45, 2.75) is 31.0 Å². The van der Waals surface area contributed by atoms with Crippen molar-refractivity contribution in [2.24, 2.45) is 5.92 Å². The number of carbonyl (C=O) groups excluding carboxylic acids is 2. The molecule has 0 spiro atoms. The third kappa shape index (κ3) is 3.42. The SMILES string of the molecule is COC(=O)CSc1nc2n(n1)[C@H](c1ccc(F)cc1)C1=C(C[C@H](C)CC1=O)N2. The van der Waals surface area contributed by atoms with Gasteiger partial charge in [-0.3, -0.25) is 9.59 Å². The van der Waals surface area contributed by atoms with Crippen LogP contribution in [0.4, 0.5) is 10.3 Å². The van der Waals surface area contributed by atoms with Crippen molar-refractivity contribution < 1.29 is 18.7 Å². The number of halogens is 1. The first kappa shape index (κ1) is 18.7. The van der Waals surface area contributed by atoms with Crippen LogP contribution in [0.15, 0.2) is 40.7 Å². The number of aromatic nitrogens is 3. The number of allylic oxidation sites excluding steroid dienone is 2. The summed E-state index contributed by atoms with van der Waals surface area (Å²) in [6.07, 6.45) is 1.20. The molecule has 146 valence electrons. The number of methoxy groups -OCH3 is 1. The number of esters is 1. The minimum absolute atomic E-state index is 0.0560. The molecule has 1 aliphatic carbocycles. The van der Waals surface area contributed by atoms with Gasteiger partial charge in [-0.15, -0.1) is 5.10 Å². The first-order chi connectivity index (χ1) is 13.5. The topological polar surface area (TPSA) is 86.1 Å². The highest BCUT2D eigenvalue weighted by Crippen LogP contribution is 2.41. The van der Waals surface area contributed by atoms with E-state index in [2.05, 4.69) is 20.1 Å². The van der Waals surface area contributed by atoms with Crippen LogP contribution in [0.3, 0.4) is 0 Å². The van der Waals surface area contributed by atoms with Gasteiger partial charge in [-0.2, -0.15) is 4.98 Å². The summed E-state index contributed by atoms with van der Waals surface area (Å²) in [5.41, 5.74) is 2.24. The van der Waals surface area contributed by atoms with Crippen molar-refractivity contribution in [3.8, 4) is 0 Å². The molecule has 1 aromatic carbocycles. The second-order valence-electron chi connectivity index (χ2n) is 6.94. The Labute approximate surface area is 165 Å². The molecule has 4 rings (SSSR count). The molecule has 1 aliphatic heterocycles. The monoisotopic (exact) mass is 402 g/mol. The van der Waals surface area contributed by atoms with Gasteiger partial charge >= 0.3 is 5.97 Å². The maximum Gasteiger partial charge on any atom is 0.316 e. The van der Waals surface area contributed by atoms with Crippen molar-refractivity contribution in [2.75, 3.05) is 18.2 Å². The number of nitrogens with zero attached hydrogens (tertiary/aromatic N) is 3. The lowest BCUT2D eigenvalue weighted by Gasteiger charge is -2.34. The van der Waals surface area contributed by atoms with E-state index >= 15 is 0 Å². The van der Waals surface area contributed by atoms with Gasteiger partial charge in [0.15, 0.2) is 5.78 Å². The number of Topliss-reactive ketones (excluding diaryl/α,β-unsaturated/α-hetero) is 1. The fourth-order valence-electron chi connectivity index (χ4n) is 3.58. The molecule has 2 atom stereocenters. The number of anilines is 1. The van der Waals surface area contributed by atoms with Crippen LogP contribution in [0.25, 0.3) is 0 Å². The van der Waals surface area contributed by atoms with E-state index in [0.29, 0.717) is 23.1 Å². The number of thioether (sulfide) groups is 1. The van der Waals surface area contributed by atoms with Gasteiger partial charge in [0.25, 0.3) is 0 Å². The molecule has 2 aliphatic rings. The van der Waals surface area contributed by atoms with Crippen molar-refractivity contribution >= 4 is 29.5 Å². The maximum atomic E-state index is 13.5. The van der Waals surface area contributed by atoms with Crippen molar-refractivity contribution in [3.63, 3.8) is 0 Å². The summed E-state index contributed by atoms with van der Waals surface area (Å²) in [5, 5.41) is 8.14. The Bertz CT molecular complexity index is 970. The lowest BCUT2D eigenvalue weighted by atomic mass is 9.81. The molecule has 1 aromatic heterocycles. The van der Waals surface area contributed by atoms with Crippen LogP contribution in [0.1, 0.15) is 31.4 Å². The predicted octanol–water partition coefficient (Wildman–Crippen LogP) is 2.95. The Morgan fingerprint density at radius 2 is 2.11 bits per heavy atom. The van der Waals surface area contributed by atoms with Crippen LogP contribution in [0.2, 0.25) is 0 Å². The molecule has 2 aromatic rings. The lowest BCUT2D eigenvalue weighted by Crippen LogP contribution is -2.33. The van der Waals surface area contributed by atoms with E-state index in [1.165, 1.54) is 19.2 Å². The van der Waals surface area contributed by atoms with Gasteiger partial charge in [0.2, 0.25) is 11.1 Å². The van der Waals surface area contributed by atoms with Gasteiger partial charge in [0.1, 0.15) is 11.9 Å². The highest BCUT2D eigenvalue weighted by molar-refractivity contribution is 7.99. The van der Waals surface area contributed by atoms with Crippen molar-refractivity contribution in [3.05, 3.63) is 46.9 Å². The Kier molecular flexibility index (Phi) is 4.92. The zero-order valence-electron chi connectivity index (χ0n) is 15.4. The quantitative estimate of drug-likeness (QED) is 0.622. The van der Waals surface area contributed by atoms with Crippen LogP contribution in [-0.4, -0.2) is 39.4 Å². The third-order valence-electron chi connectivity index (χ3n) is 4.84. The fourth-order valence-corrected chi connectivity index (χ4v) is 4.25. The number of ketones is 1. The van der Waals surface area contributed by atoms with E-state index in [1.807, 2.05) is 6.92 Å². The van der Waals surface area contributed by atoms with E-state index in [1.54, 1.807) is 16.8 Å². The van der Waals surface area contributed by atoms with Gasteiger partial charge in [0, 0.05) is 17.7 Å². The van der Waals surface area contributed by atoms with E-state index in [0.717, 1.165) is 29.4 Å². The molecule has 28 heavy (non-hydrogen) atoms. The first-order valence-corrected chi connectivity index (χ1v) is 9.89. The summed E-state index contributed by atoms with van der Waals surface area (Å²) >= 11 is 1.16. The molecular formula is C19H19FN4O3S. The van der Waals surface area contributed by atoms with E-state index in [-0.39, 0.29) is 29.2 Å². The fraction of sp³-hybridized carbons (Fsp3) is 0.368. The van der Waals surface area contributed by atoms with Gasteiger partial charge in [-0.1, -0.05) is 30.8 Å². The molecule has 0 unspecified atom stereocenters. The second kappa shape index (κ2) is 7.38. The minimum Gasteiger partial charge on any atom is -0.468 e. The molecule has 1 N–H and O–H groups in total. The highest BCUT2D eigenvalue weighted by atomic mass is 32.2. The Morgan fingerprint density at radius 1 is 1.36 bits per heavy atom. The molecule has 0 radical (unpaired) electrons. The average molecular weight is 402 g/mol. The smallest absolute Gasteiger partial charge is 0.316 e. The van der Waals surface area contributed by atoms with Crippen molar-refractivity contribution in [1.29, 1.82) is 0 Å². The molecular weight excluding hydrogens is 383 g/mol. The van der Waals surface area contributed by atoms with Crippen LogP contribution >= 0.6 is 11.8 Å². The average Bonchev–Trinajstić information content (AvgIpc) is 3.07. The number of carbonyl (C=O) groups is 2. The lowest BCUT2D eigenvalue weighted by molar-refractivity contribution is -0.137. The number of ether oxygens (including phenoxy) is 1.